The summed E-state index contributed by atoms with van der Waals surface area (Å²) in [6, 6.07) is 10.1. The second-order valence-corrected chi connectivity index (χ2v) is 6.04. The lowest BCUT2D eigenvalue weighted by Gasteiger charge is -2.27. The van der Waals surface area contributed by atoms with E-state index in [9.17, 15) is 0 Å². The largest absolute Gasteiger partial charge is 0.481 e. The number of benzene rings is 1. The Balaban J connectivity index is 1.43. The molecular formula is C18H19N5O2. The zero-order chi connectivity index (χ0) is 17.1. The third kappa shape index (κ3) is 3.51. The lowest BCUT2D eigenvalue weighted by Crippen LogP contribution is -2.31. The molecule has 25 heavy (non-hydrogen) atoms. The number of ether oxygens (including phenoxy) is 1. The zero-order valence-corrected chi connectivity index (χ0v) is 14.1. The lowest BCUT2D eigenvalue weighted by atomic mass is 10.1. The molecule has 0 N–H and O–H groups in total. The Morgan fingerprint density at radius 1 is 1.20 bits per heavy atom. The van der Waals surface area contributed by atoms with Gasteiger partial charge >= 0.3 is 0 Å². The fourth-order valence-corrected chi connectivity index (χ4v) is 3.08. The molecule has 0 amide bonds. The quantitative estimate of drug-likeness (QED) is 0.705. The van der Waals surface area contributed by atoms with Crippen molar-refractivity contribution < 1.29 is 9.26 Å². The van der Waals surface area contributed by atoms with Crippen LogP contribution < -0.4 is 4.74 Å². The maximum atomic E-state index is 5.42. The summed E-state index contributed by atoms with van der Waals surface area (Å²) in [5.41, 5.74) is 3.27. The Morgan fingerprint density at radius 3 is 2.92 bits per heavy atom. The van der Waals surface area contributed by atoms with Gasteiger partial charge in [-0.1, -0.05) is 35.5 Å². The summed E-state index contributed by atoms with van der Waals surface area (Å²) >= 11 is 0. The summed E-state index contributed by atoms with van der Waals surface area (Å²) in [5.74, 6) is 1.98. The van der Waals surface area contributed by atoms with E-state index in [4.69, 9.17) is 9.26 Å². The Bertz CT molecular complexity index is 835. The van der Waals surface area contributed by atoms with E-state index >= 15 is 0 Å². The highest BCUT2D eigenvalue weighted by Gasteiger charge is 2.23. The van der Waals surface area contributed by atoms with Crippen LogP contribution in [0.25, 0.3) is 0 Å². The van der Waals surface area contributed by atoms with Crippen LogP contribution in [0, 0.1) is 0 Å². The summed E-state index contributed by atoms with van der Waals surface area (Å²) < 4.78 is 10.8. The molecule has 0 aliphatic carbocycles. The summed E-state index contributed by atoms with van der Waals surface area (Å²) in [5, 5.41) is 4.09. The van der Waals surface area contributed by atoms with E-state index in [1.807, 2.05) is 18.2 Å². The van der Waals surface area contributed by atoms with Crippen LogP contribution in [0.3, 0.4) is 0 Å². The molecule has 1 aliphatic rings. The number of fused-ring (bicyclic) bond motifs is 1. The van der Waals surface area contributed by atoms with E-state index in [-0.39, 0.29) is 0 Å². The van der Waals surface area contributed by atoms with Crippen molar-refractivity contribution in [3.63, 3.8) is 0 Å². The van der Waals surface area contributed by atoms with Crippen molar-refractivity contribution in [3.05, 3.63) is 65.2 Å². The van der Waals surface area contributed by atoms with Crippen LogP contribution in [-0.4, -0.2) is 38.7 Å². The fraction of sp³-hybridized carbons (Fsp3) is 0.333. The maximum Gasteiger partial charge on any atom is 0.240 e. The Morgan fingerprint density at radius 2 is 2.08 bits per heavy atom. The van der Waals surface area contributed by atoms with E-state index in [0.717, 1.165) is 30.8 Å². The minimum atomic E-state index is 0.610. The molecule has 0 fully saturated rings. The number of hydrogen-bond acceptors (Lipinski definition) is 7. The molecule has 0 saturated heterocycles. The van der Waals surface area contributed by atoms with Gasteiger partial charge in [0.25, 0.3) is 0 Å². The predicted octanol–water partition coefficient (Wildman–Crippen LogP) is 2.02. The molecule has 3 aromatic rings. The van der Waals surface area contributed by atoms with Gasteiger partial charge in [-0.3, -0.25) is 4.90 Å². The summed E-state index contributed by atoms with van der Waals surface area (Å²) in [7, 11) is 1.63. The van der Waals surface area contributed by atoms with E-state index in [2.05, 4.69) is 37.1 Å². The minimum Gasteiger partial charge on any atom is -0.481 e. The predicted molar refractivity (Wildman–Crippen MR) is 89.9 cm³/mol. The van der Waals surface area contributed by atoms with Gasteiger partial charge in [0.05, 0.1) is 19.3 Å². The molecule has 7 heteroatoms. The molecule has 0 atom stereocenters. The highest BCUT2D eigenvalue weighted by molar-refractivity contribution is 5.31. The molecule has 0 radical (unpaired) electrons. The smallest absolute Gasteiger partial charge is 0.240 e. The van der Waals surface area contributed by atoms with Gasteiger partial charge < -0.3 is 9.26 Å². The third-order valence-corrected chi connectivity index (χ3v) is 4.31. The molecule has 0 bridgehead atoms. The van der Waals surface area contributed by atoms with E-state index in [1.54, 1.807) is 13.4 Å². The van der Waals surface area contributed by atoms with Gasteiger partial charge in [-0.25, -0.2) is 9.97 Å². The van der Waals surface area contributed by atoms with Gasteiger partial charge in [0.15, 0.2) is 5.82 Å². The topological polar surface area (TPSA) is 77.2 Å². The van der Waals surface area contributed by atoms with E-state index in [0.29, 0.717) is 30.6 Å². The minimum absolute atomic E-state index is 0.610. The van der Waals surface area contributed by atoms with Crippen LogP contribution in [0.4, 0.5) is 0 Å². The first-order chi connectivity index (χ1) is 12.3. The summed E-state index contributed by atoms with van der Waals surface area (Å²) in [6.45, 7) is 2.22. The second-order valence-electron chi connectivity index (χ2n) is 6.04. The SMILES string of the molecule is COc1ncnc2c1CN(Cc1nc(Cc3ccccc3)no1)CC2. The Labute approximate surface area is 145 Å². The first-order valence-electron chi connectivity index (χ1n) is 8.26. The van der Waals surface area contributed by atoms with Crippen molar-refractivity contribution in [1.29, 1.82) is 0 Å². The number of aromatic nitrogens is 4. The Kier molecular flexibility index (Phi) is 4.39. The number of methoxy groups -OCH3 is 1. The van der Waals surface area contributed by atoms with Crippen LogP contribution in [0.1, 0.15) is 28.5 Å². The van der Waals surface area contributed by atoms with Crippen LogP contribution in [0.15, 0.2) is 41.2 Å². The first-order valence-corrected chi connectivity index (χ1v) is 8.26. The Hall–Kier alpha value is -2.80. The standard InChI is InChI=1S/C18H19N5O2/c1-24-18-14-10-23(8-7-15(14)19-12-20-18)11-17-21-16(22-25-17)9-13-5-3-2-4-6-13/h2-6,12H,7-11H2,1H3. The second kappa shape index (κ2) is 6.98. The van der Waals surface area contributed by atoms with Crippen molar-refractivity contribution in [2.75, 3.05) is 13.7 Å². The molecule has 3 heterocycles. The summed E-state index contributed by atoms with van der Waals surface area (Å²) in [6.07, 6.45) is 3.09. The van der Waals surface area contributed by atoms with E-state index in [1.165, 1.54) is 5.56 Å². The van der Waals surface area contributed by atoms with Crippen molar-refractivity contribution >= 4 is 0 Å². The van der Waals surface area contributed by atoms with Crippen LogP contribution in [0.2, 0.25) is 0 Å². The molecule has 128 valence electrons. The first kappa shape index (κ1) is 15.7. The number of hydrogen-bond donors (Lipinski definition) is 0. The zero-order valence-electron chi connectivity index (χ0n) is 14.1. The number of nitrogens with zero attached hydrogens (tertiary/aromatic N) is 5. The molecule has 1 aromatic carbocycles. The van der Waals surface area contributed by atoms with Gasteiger partial charge in [-0.2, -0.15) is 4.98 Å². The molecule has 2 aromatic heterocycles. The monoisotopic (exact) mass is 337 g/mol. The average Bonchev–Trinajstić information content (AvgIpc) is 3.09. The summed E-state index contributed by atoms with van der Waals surface area (Å²) in [4.78, 5) is 15.3. The lowest BCUT2D eigenvalue weighted by molar-refractivity contribution is 0.204. The molecular weight excluding hydrogens is 318 g/mol. The van der Waals surface area contributed by atoms with Gasteiger partial charge in [-0.15, -0.1) is 0 Å². The third-order valence-electron chi connectivity index (χ3n) is 4.31. The van der Waals surface area contributed by atoms with Gasteiger partial charge in [-0.05, 0) is 5.56 Å². The van der Waals surface area contributed by atoms with Gasteiger partial charge in [0, 0.05) is 31.5 Å². The molecule has 0 saturated carbocycles. The van der Waals surface area contributed by atoms with Gasteiger partial charge in [0.1, 0.15) is 6.33 Å². The molecule has 1 aliphatic heterocycles. The highest BCUT2D eigenvalue weighted by atomic mass is 16.5. The molecule has 0 unspecified atom stereocenters. The average molecular weight is 337 g/mol. The van der Waals surface area contributed by atoms with Crippen LogP contribution in [0.5, 0.6) is 5.88 Å². The number of rotatable bonds is 5. The van der Waals surface area contributed by atoms with Crippen LogP contribution in [-0.2, 0) is 25.9 Å². The molecule has 4 rings (SSSR count). The van der Waals surface area contributed by atoms with Crippen molar-refractivity contribution in [3.8, 4) is 5.88 Å². The van der Waals surface area contributed by atoms with Crippen LogP contribution >= 0.6 is 0 Å². The molecule has 7 nitrogen and oxygen atoms in total. The highest BCUT2D eigenvalue weighted by Crippen LogP contribution is 2.25. The maximum absolute atomic E-state index is 5.42. The normalized spacial score (nSPS) is 14.3. The van der Waals surface area contributed by atoms with Crippen molar-refractivity contribution in [1.82, 2.24) is 25.0 Å². The van der Waals surface area contributed by atoms with E-state index < -0.39 is 0 Å². The van der Waals surface area contributed by atoms with Crippen molar-refractivity contribution in [2.24, 2.45) is 0 Å². The van der Waals surface area contributed by atoms with Gasteiger partial charge in [0.2, 0.25) is 11.8 Å². The fourth-order valence-electron chi connectivity index (χ4n) is 3.08. The van der Waals surface area contributed by atoms with Crippen molar-refractivity contribution in [2.45, 2.75) is 25.9 Å². The molecule has 0 spiro atoms.